The summed E-state index contributed by atoms with van der Waals surface area (Å²) in [6, 6.07) is 10.4. The van der Waals surface area contributed by atoms with Gasteiger partial charge in [-0.2, -0.15) is 0 Å². The van der Waals surface area contributed by atoms with Crippen LogP contribution in [0.2, 0.25) is 5.02 Å². The molecule has 1 amide bonds. The monoisotopic (exact) mass is 491 g/mol. The Morgan fingerprint density at radius 2 is 2.15 bits per heavy atom. The number of methoxy groups -OCH3 is 1. The Hall–Kier alpha value is -2.37. The van der Waals surface area contributed by atoms with Crippen molar-refractivity contribution in [1.29, 1.82) is 0 Å². The van der Waals surface area contributed by atoms with Crippen LogP contribution in [0.5, 0.6) is 0 Å². The van der Waals surface area contributed by atoms with E-state index in [1.54, 1.807) is 6.07 Å². The molecule has 0 spiro atoms. The number of benzene rings is 1. The smallest absolute Gasteiger partial charge is 0.270 e. The summed E-state index contributed by atoms with van der Waals surface area (Å²) >= 11 is 7.34. The number of aromatic nitrogens is 1. The van der Waals surface area contributed by atoms with Crippen LogP contribution in [0, 0.1) is 0 Å². The number of thioether (sulfide) groups is 1. The van der Waals surface area contributed by atoms with Gasteiger partial charge in [-0.25, -0.2) is 4.98 Å². The van der Waals surface area contributed by atoms with Crippen LogP contribution in [0.25, 0.3) is 10.4 Å². The number of nitrogens with zero attached hydrogens (tertiary/aromatic N) is 4. The van der Waals surface area contributed by atoms with Crippen LogP contribution in [0.4, 0.5) is 0 Å². The van der Waals surface area contributed by atoms with E-state index in [1.807, 2.05) is 30.3 Å². The number of nitrogens with one attached hydrogen (secondary N) is 1. The van der Waals surface area contributed by atoms with E-state index >= 15 is 0 Å². The number of halogens is 1. The first-order valence-corrected chi connectivity index (χ1v) is 11.4. The predicted octanol–water partition coefficient (Wildman–Crippen LogP) is 3.72. The average Bonchev–Trinajstić information content (AvgIpc) is 2.84. The quantitative estimate of drug-likeness (QED) is 0.370. The number of hydrogen-bond donors (Lipinski definition) is 1. The van der Waals surface area contributed by atoms with E-state index < -0.39 is 36.1 Å². The first-order chi connectivity index (χ1) is 16.0. The van der Waals surface area contributed by atoms with Gasteiger partial charge in [0.25, 0.3) is 5.91 Å². The normalized spacial score (nSPS) is 28.9. The molecule has 4 unspecified atom stereocenters. The van der Waals surface area contributed by atoms with Crippen LogP contribution in [-0.2, 0) is 18.9 Å². The van der Waals surface area contributed by atoms with Crippen LogP contribution in [0.3, 0.4) is 0 Å². The maximum absolute atomic E-state index is 12.3. The molecule has 0 radical (unpaired) electrons. The third kappa shape index (κ3) is 5.10. The Kier molecular flexibility index (Phi) is 7.71. The van der Waals surface area contributed by atoms with E-state index in [9.17, 15) is 10.3 Å². The van der Waals surface area contributed by atoms with E-state index in [-0.39, 0.29) is 18.2 Å². The van der Waals surface area contributed by atoms with E-state index in [0.717, 1.165) is 5.56 Å². The highest BCUT2D eigenvalue weighted by atomic mass is 35.5. The van der Waals surface area contributed by atoms with Crippen molar-refractivity contribution >= 4 is 29.3 Å². The summed E-state index contributed by atoms with van der Waals surface area (Å²) in [6.45, 7) is 0.227. The Morgan fingerprint density at radius 1 is 1.36 bits per heavy atom. The molecule has 0 aliphatic carbocycles. The average molecular weight is 492 g/mol. The number of fused-ring (bicyclic) bond motifs is 1. The van der Waals surface area contributed by atoms with Crippen molar-refractivity contribution in [1.82, 2.24) is 10.3 Å². The molecule has 33 heavy (non-hydrogen) atoms. The summed E-state index contributed by atoms with van der Waals surface area (Å²) < 4.78 is 24.0. The fourth-order valence-electron chi connectivity index (χ4n) is 3.81. The second kappa shape index (κ2) is 10.7. The van der Waals surface area contributed by atoms with Gasteiger partial charge in [0.2, 0.25) is 0 Å². The summed E-state index contributed by atoms with van der Waals surface area (Å²) in [5, 5.41) is 6.92. The molecule has 1 aromatic heterocycles. The van der Waals surface area contributed by atoms with E-state index in [2.05, 4.69) is 20.3 Å². The highest BCUT2D eigenvalue weighted by Gasteiger charge is 2.50. The summed E-state index contributed by atoms with van der Waals surface area (Å²) in [5.74, 6) is -0.363. The van der Waals surface area contributed by atoms with Crippen LogP contribution < -0.4 is 5.32 Å². The van der Waals surface area contributed by atoms with Crippen molar-refractivity contribution < 1.29 is 23.7 Å². The lowest BCUT2D eigenvalue weighted by molar-refractivity contribution is -0.298. The Morgan fingerprint density at radius 3 is 2.85 bits per heavy atom. The molecule has 0 bridgehead atoms. The maximum atomic E-state index is 12.3. The Balaban J connectivity index is 1.61. The second-order valence-electron chi connectivity index (χ2n) is 7.31. The molecule has 2 fully saturated rings. The van der Waals surface area contributed by atoms with Crippen LogP contribution in [0.1, 0.15) is 22.3 Å². The number of carbonyl (C=O) groups excluding carboxylic acids is 1. The predicted molar refractivity (Wildman–Crippen MR) is 121 cm³/mol. The molecule has 4 rings (SSSR count). The summed E-state index contributed by atoms with van der Waals surface area (Å²) in [6.07, 6.45) is -0.987. The van der Waals surface area contributed by atoms with Crippen LogP contribution in [-0.4, -0.2) is 61.4 Å². The van der Waals surface area contributed by atoms with Crippen molar-refractivity contribution in [3.63, 3.8) is 0 Å². The number of azide groups is 1. The molecule has 12 heteroatoms. The SMILES string of the molecule is CNC(=O)c1ncc(Cl)cc1S[C@H]1OC2COC(c3ccccc3)O[C@@H]2C(N=[N+]=[N-])C1OC. The zero-order valence-corrected chi connectivity index (χ0v) is 19.4. The first-order valence-electron chi connectivity index (χ1n) is 10.1. The van der Waals surface area contributed by atoms with Gasteiger partial charge in [-0.1, -0.05) is 58.8 Å². The lowest BCUT2D eigenvalue weighted by Gasteiger charge is -2.47. The molecule has 1 aromatic carbocycles. The minimum Gasteiger partial charge on any atom is -0.377 e. The molecule has 0 saturated carbocycles. The van der Waals surface area contributed by atoms with Crippen molar-refractivity contribution in [3.05, 3.63) is 69.3 Å². The summed E-state index contributed by atoms with van der Waals surface area (Å²) in [5.41, 5.74) is 9.66. The van der Waals surface area contributed by atoms with Crippen molar-refractivity contribution in [2.45, 2.75) is 41.0 Å². The number of carbonyl (C=O) groups is 1. The minimum atomic E-state index is -0.693. The van der Waals surface area contributed by atoms with Crippen LogP contribution >= 0.6 is 23.4 Å². The number of pyridine rings is 1. The van der Waals surface area contributed by atoms with Crippen molar-refractivity contribution in [2.24, 2.45) is 5.11 Å². The minimum absolute atomic E-state index is 0.202. The molecule has 1 N–H and O–H groups in total. The van der Waals surface area contributed by atoms with Gasteiger partial charge in [-0.3, -0.25) is 4.79 Å². The number of amides is 1. The number of hydrogen-bond acceptors (Lipinski definition) is 8. The fraction of sp³-hybridized carbons (Fsp3) is 0.429. The van der Waals surface area contributed by atoms with Crippen molar-refractivity contribution in [2.75, 3.05) is 20.8 Å². The second-order valence-corrected chi connectivity index (χ2v) is 8.89. The molecule has 2 aliphatic heterocycles. The third-order valence-electron chi connectivity index (χ3n) is 5.34. The highest BCUT2D eigenvalue weighted by Crippen LogP contribution is 2.41. The molecule has 6 atom stereocenters. The van der Waals surface area contributed by atoms with Gasteiger partial charge in [0.15, 0.2) is 6.29 Å². The van der Waals surface area contributed by atoms with Crippen LogP contribution in [0.15, 0.2) is 52.6 Å². The van der Waals surface area contributed by atoms with E-state index in [1.165, 1.54) is 32.1 Å². The zero-order chi connectivity index (χ0) is 23.4. The standard InChI is InChI=1S/C21H22ClN5O5S/c1-24-19(28)15-14(8-12(22)9-25-15)33-21-18(29-2)16(26-27-23)17-13(31-21)10-30-20(32-17)11-6-4-3-5-7-11/h3-9,13,16-18,20-21H,10H2,1-2H3,(H,24,28)/t13?,16?,17-,18?,20?,21+/m0/s1. The molecule has 10 nitrogen and oxygen atoms in total. The topological polar surface area (TPSA) is 128 Å². The van der Waals surface area contributed by atoms with Crippen molar-refractivity contribution in [3.8, 4) is 0 Å². The largest absolute Gasteiger partial charge is 0.377 e. The molecule has 2 aromatic rings. The Labute approximate surface area is 199 Å². The van der Waals surface area contributed by atoms with Gasteiger partial charge in [0, 0.05) is 35.7 Å². The van der Waals surface area contributed by atoms with Gasteiger partial charge < -0.3 is 24.3 Å². The number of ether oxygens (including phenoxy) is 4. The molecule has 2 aliphatic rings. The van der Waals surface area contributed by atoms with Gasteiger partial charge >= 0.3 is 0 Å². The lowest BCUT2D eigenvalue weighted by Crippen LogP contribution is -2.60. The van der Waals surface area contributed by atoms with E-state index in [4.69, 9.17) is 30.5 Å². The summed E-state index contributed by atoms with van der Waals surface area (Å²) in [7, 11) is 3.02. The van der Waals surface area contributed by atoms with Gasteiger partial charge in [0.05, 0.1) is 17.7 Å². The van der Waals surface area contributed by atoms with Gasteiger partial charge in [0.1, 0.15) is 29.4 Å². The molecule has 174 valence electrons. The number of rotatable bonds is 6. The highest BCUT2D eigenvalue weighted by molar-refractivity contribution is 8.00. The first kappa shape index (κ1) is 23.8. The zero-order valence-electron chi connectivity index (χ0n) is 17.8. The van der Waals surface area contributed by atoms with Gasteiger partial charge in [-0.15, -0.1) is 0 Å². The molecule has 3 heterocycles. The van der Waals surface area contributed by atoms with E-state index in [0.29, 0.717) is 9.92 Å². The third-order valence-corrected chi connectivity index (χ3v) is 6.73. The molecule has 2 saturated heterocycles. The molecular weight excluding hydrogens is 470 g/mol. The fourth-order valence-corrected chi connectivity index (χ4v) is 5.34. The lowest BCUT2D eigenvalue weighted by atomic mass is 9.96. The Bertz CT molecular complexity index is 1040. The summed E-state index contributed by atoms with van der Waals surface area (Å²) in [4.78, 5) is 20.0. The maximum Gasteiger partial charge on any atom is 0.270 e. The molecular formula is C21H22ClN5O5S. The van der Waals surface area contributed by atoms with Gasteiger partial charge in [-0.05, 0) is 11.6 Å².